The molecule has 0 radical (unpaired) electrons. The molecule has 1 fully saturated rings. The second kappa shape index (κ2) is 8.93. The van der Waals surface area contributed by atoms with Gasteiger partial charge in [-0.25, -0.2) is 0 Å². The summed E-state index contributed by atoms with van der Waals surface area (Å²) >= 11 is 0. The summed E-state index contributed by atoms with van der Waals surface area (Å²) in [4.78, 5) is 2.50. The van der Waals surface area contributed by atoms with Crippen molar-refractivity contribution in [2.45, 2.75) is 52.9 Å². The van der Waals surface area contributed by atoms with Gasteiger partial charge in [-0.15, -0.1) is 0 Å². The molecule has 19 heavy (non-hydrogen) atoms. The van der Waals surface area contributed by atoms with Gasteiger partial charge in [0.05, 0.1) is 13.2 Å². The van der Waals surface area contributed by atoms with Gasteiger partial charge in [0, 0.05) is 19.7 Å². The minimum absolute atomic E-state index is 0.340. The molecule has 1 saturated heterocycles. The normalized spacial score (nSPS) is 19.6. The smallest absolute Gasteiger partial charge is 0.0594 e. The summed E-state index contributed by atoms with van der Waals surface area (Å²) in [6.07, 6.45) is 6.00. The molecule has 1 N–H and O–H groups in total. The lowest BCUT2D eigenvalue weighted by Gasteiger charge is -2.27. The molecule has 0 saturated carbocycles. The van der Waals surface area contributed by atoms with Crippen molar-refractivity contribution in [2.75, 3.05) is 39.5 Å². The summed E-state index contributed by atoms with van der Waals surface area (Å²) in [5, 5.41) is 9.19. The first-order valence-electron chi connectivity index (χ1n) is 7.92. The Morgan fingerprint density at radius 3 is 2.37 bits per heavy atom. The molecule has 0 aromatic carbocycles. The first-order chi connectivity index (χ1) is 9.01. The number of morpholine rings is 1. The zero-order valence-electron chi connectivity index (χ0n) is 13.2. The van der Waals surface area contributed by atoms with Crippen LogP contribution in [0.25, 0.3) is 0 Å². The predicted octanol–water partition coefficient (Wildman–Crippen LogP) is 2.92. The highest BCUT2D eigenvalue weighted by Gasteiger charge is 2.16. The quantitative estimate of drug-likeness (QED) is 0.737. The fourth-order valence-corrected chi connectivity index (χ4v) is 2.68. The van der Waals surface area contributed by atoms with Crippen LogP contribution in [0.2, 0.25) is 0 Å². The van der Waals surface area contributed by atoms with Crippen LogP contribution in [0.3, 0.4) is 0 Å². The summed E-state index contributed by atoms with van der Waals surface area (Å²) in [5.74, 6) is 0.699. The maximum Gasteiger partial charge on any atom is 0.0594 e. The summed E-state index contributed by atoms with van der Waals surface area (Å²) in [6.45, 7) is 12.4. The number of hydrogen-bond donors (Lipinski definition) is 1. The van der Waals surface area contributed by atoms with Gasteiger partial charge in [-0.05, 0) is 50.0 Å². The third kappa shape index (κ3) is 8.61. The van der Waals surface area contributed by atoms with Crippen molar-refractivity contribution in [3.8, 4) is 0 Å². The summed E-state index contributed by atoms with van der Waals surface area (Å²) in [7, 11) is 0. The molecule has 0 aromatic heterocycles. The van der Waals surface area contributed by atoms with E-state index in [1.54, 1.807) is 0 Å². The largest absolute Gasteiger partial charge is 0.396 e. The molecule has 1 aliphatic rings. The van der Waals surface area contributed by atoms with Crippen LogP contribution in [-0.2, 0) is 4.74 Å². The van der Waals surface area contributed by atoms with E-state index >= 15 is 0 Å². The second-order valence-corrected chi connectivity index (χ2v) is 7.07. The van der Waals surface area contributed by atoms with Gasteiger partial charge in [-0.2, -0.15) is 0 Å². The van der Waals surface area contributed by atoms with Gasteiger partial charge in [0.2, 0.25) is 0 Å². The average molecular weight is 271 g/mol. The minimum Gasteiger partial charge on any atom is -0.396 e. The van der Waals surface area contributed by atoms with Crippen molar-refractivity contribution in [1.29, 1.82) is 0 Å². The summed E-state index contributed by atoms with van der Waals surface area (Å²) < 4.78 is 5.37. The van der Waals surface area contributed by atoms with E-state index in [-0.39, 0.29) is 0 Å². The van der Waals surface area contributed by atoms with Crippen molar-refractivity contribution < 1.29 is 9.84 Å². The molecule has 0 spiro atoms. The number of ether oxygens (including phenoxy) is 1. The molecule has 0 bridgehead atoms. The molecule has 0 amide bonds. The molecule has 0 aromatic rings. The average Bonchev–Trinajstić information content (AvgIpc) is 2.36. The highest BCUT2D eigenvalue weighted by atomic mass is 16.5. The van der Waals surface area contributed by atoms with Gasteiger partial charge in [-0.1, -0.05) is 20.8 Å². The Kier molecular flexibility index (Phi) is 7.96. The Balaban J connectivity index is 2.17. The third-order valence-corrected chi connectivity index (χ3v) is 4.03. The van der Waals surface area contributed by atoms with E-state index in [0.717, 1.165) is 32.7 Å². The Labute approximate surface area is 119 Å². The number of hydrogen-bond acceptors (Lipinski definition) is 3. The highest BCUT2D eigenvalue weighted by molar-refractivity contribution is 4.68. The molecule has 0 aliphatic carbocycles. The lowest BCUT2D eigenvalue weighted by molar-refractivity contribution is 0.0364. The van der Waals surface area contributed by atoms with Crippen LogP contribution in [0.1, 0.15) is 52.9 Å². The Morgan fingerprint density at radius 2 is 1.79 bits per heavy atom. The van der Waals surface area contributed by atoms with Crippen molar-refractivity contribution in [3.63, 3.8) is 0 Å². The first kappa shape index (κ1) is 16.9. The van der Waals surface area contributed by atoms with Crippen LogP contribution >= 0.6 is 0 Å². The van der Waals surface area contributed by atoms with Crippen molar-refractivity contribution in [2.24, 2.45) is 11.3 Å². The molecular weight excluding hydrogens is 238 g/mol. The van der Waals surface area contributed by atoms with Crippen LogP contribution < -0.4 is 0 Å². The van der Waals surface area contributed by atoms with Gasteiger partial charge < -0.3 is 9.84 Å². The Bertz CT molecular complexity index is 219. The van der Waals surface area contributed by atoms with Crippen LogP contribution in [0, 0.1) is 11.3 Å². The van der Waals surface area contributed by atoms with Crippen molar-refractivity contribution in [3.05, 3.63) is 0 Å². The van der Waals surface area contributed by atoms with E-state index in [2.05, 4.69) is 25.7 Å². The van der Waals surface area contributed by atoms with E-state index in [1.165, 1.54) is 32.2 Å². The van der Waals surface area contributed by atoms with E-state index in [4.69, 9.17) is 4.74 Å². The number of aliphatic hydroxyl groups is 1. The van der Waals surface area contributed by atoms with Crippen LogP contribution in [0.15, 0.2) is 0 Å². The van der Waals surface area contributed by atoms with Crippen LogP contribution in [0.5, 0.6) is 0 Å². The third-order valence-electron chi connectivity index (χ3n) is 4.03. The molecule has 1 heterocycles. The molecule has 3 nitrogen and oxygen atoms in total. The fraction of sp³-hybridized carbons (Fsp3) is 1.00. The molecule has 1 rings (SSSR count). The summed E-state index contributed by atoms with van der Waals surface area (Å²) in [5.41, 5.74) is 0.415. The Hall–Kier alpha value is -0.120. The monoisotopic (exact) mass is 271 g/mol. The highest BCUT2D eigenvalue weighted by Crippen LogP contribution is 2.27. The second-order valence-electron chi connectivity index (χ2n) is 7.07. The Morgan fingerprint density at radius 1 is 1.11 bits per heavy atom. The zero-order chi connectivity index (χ0) is 14.1. The first-order valence-corrected chi connectivity index (χ1v) is 7.92. The molecule has 1 atom stereocenters. The maximum atomic E-state index is 9.19. The SMILES string of the molecule is CC(C)(C)CC[C@@H](CCO)CCCN1CCOCC1. The van der Waals surface area contributed by atoms with E-state index in [0.29, 0.717) is 17.9 Å². The molecule has 3 heteroatoms. The number of aliphatic hydroxyl groups excluding tert-OH is 1. The van der Waals surface area contributed by atoms with E-state index < -0.39 is 0 Å². The van der Waals surface area contributed by atoms with Gasteiger partial charge in [0.15, 0.2) is 0 Å². The lowest BCUT2D eigenvalue weighted by Crippen LogP contribution is -2.36. The van der Waals surface area contributed by atoms with E-state index in [9.17, 15) is 5.11 Å². The van der Waals surface area contributed by atoms with Gasteiger partial charge >= 0.3 is 0 Å². The predicted molar refractivity (Wildman–Crippen MR) is 80.4 cm³/mol. The zero-order valence-corrected chi connectivity index (χ0v) is 13.2. The van der Waals surface area contributed by atoms with Gasteiger partial charge in [0.1, 0.15) is 0 Å². The van der Waals surface area contributed by atoms with Gasteiger partial charge in [0.25, 0.3) is 0 Å². The molecule has 114 valence electrons. The molecular formula is C16H33NO2. The molecule has 1 aliphatic heterocycles. The number of nitrogens with zero attached hydrogens (tertiary/aromatic N) is 1. The van der Waals surface area contributed by atoms with Crippen LogP contribution in [-0.4, -0.2) is 49.5 Å². The van der Waals surface area contributed by atoms with Crippen molar-refractivity contribution >= 4 is 0 Å². The number of rotatable bonds is 8. The van der Waals surface area contributed by atoms with Gasteiger partial charge in [-0.3, -0.25) is 4.90 Å². The van der Waals surface area contributed by atoms with Crippen molar-refractivity contribution in [1.82, 2.24) is 4.90 Å². The van der Waals surface area contributed by atoms with E-state index in [1.807, 2.05) is 0 Å². The standard InChI is InChI=1S/C16H33NO2/c1-16(2,3)8-6-15(7-12-18)5-4-9-17-10-13-19-14-11-17/h15,18H,4-14H2,1-3H3/t15-/m0/s1. The summed E-state index contributed by atoms with van der Waals surface area (Å²) in [6, 6.07) is 0. The topological polar surface area (TPSA) is 32.7 Å². The fourth-order valence-electron chi connectivity index (χ4n) is 2.68. The van der Waals surface area contributed by atoms with Crippen LogP contribution in [0.4, 0.5) is 0 Å². The maximum absolute atomic E-state index is 9.19. The molecule has 0 unspecified atom stereocenters. The minimum atomic E-state index is 0.340. The lowest BCUT2D eigenvalue weighted by atomic mass is 9.84.